The van der Waals surface area contributed by atoms with Gasteiger partial charge in [-0.2, -0.15) is 0 Å². The van der Waals surface area contributed by atoms with E-state index < -0.39 is 11.9 Å². The minimum absolute atomic E-state index is 0.0633. The van der Waals surface area contributed by atoms with Crippen LogP contribution in [-0.2, 0) is 11.3 Å². The smallest absolute Gasteiger partial charge is 0.307 e. The third kappa shape index (κ3) is 5.68. The number of aromatic nitrogens is 3. The molecule has 1 aliphatic rings. The number of carboxylic acid groups (broad SMARTS) is 1. The van der Waals surface area contributed by atoms with Gasteiger partial charge in [-0.15, -0.1) is 5.10 Å². The molecule has 1 N–H and O–H groups in total. The van der Waals surface area contributed by atoms with Crippen LogP contribution in [-0.4, -0.2) is 38.5 Å². The highest BCUT2D eigenvalue weighted by atomic mass is 16.5. The van der Waals surface area contributed by atoms with E-state index in [4.69, 9.17) is 4.74 Å². The molecule has 1 saturated carbocycles. The number of hydrogen-bond acceptors (Lipinski definition) is 6. The number of aliphatic carboxylic acids is 1. The molecule has 178 valence electrons. The number of hydrogen-bond donors (Lipinski definition) is 1. The molecule has 0 spiro atoms. The fraction of sp³-hybridized carbons (Fsp3) is 0.423. The highest BCUT2D eigenvalue weighted by Crippen LogP contribution is 2.26. The average Bonchev–Trinajstić information content (AvgIpc) is 3.35. The van der Waals surface area contributed by atoms with Gasteiger partial charge < -0.3 is 9.84 Å². The predicted octanol–water partition coefficient (Wildman–Crippen LogP) is 4.03. The van der Waals surface area contributed by atoms with E-state index in [-0.39, 0.29) is 30.7 Å². The lowest BCUT2D eigenvalue weighted by Gasteiger charge is -2.13. The Morgan fingerprint density at radius 3 is 2.59 bits per heavy atom. The van der Waals surface area contributed by atoms with Gasteiger partial charge in [-0.3, -0.25) is 14.4 Å². The summed E-state index contributed by atoms with van der Waals surface area (Å²) in [6, 6.07) is 12.1. The van der Waals surface area contributed by atoms with E-state index in [2.05, 4.69) is 10.3 Å². The number of fused-ring (bicyclic) bond motifs is 1. The lowest BCUT2D eigenvalue weighted by molar-refractivity contribution is -0.142. The van der Waals surface area contributed by atoms with Crippen LogP contribution in [0.3, 0.4) is 0 Å². The van der Waals surface area contributed by atoms with E-state index in [1.54, 1.807) is 36.4 Å². The summed E-state index contributed by atoms with van der Waals surface area (Å²) in [5, 5.41) is 18.1. The van der Waals surface area contributed by atoms with E-state index in [1.807, 2.05) is 13.0 Å². The van der Waals surface area contributed by atoms with Crippen molar-refractivity contribution in [2.24, 2.45) is 11.8 Å². The Morgan fingerprint density at radius 2 is 1.88 bits per heavy atom. The first kappa shape index (κ1) is 23.6. The number of carbonyl (C=O) groups is 2. The quantitative estimate of drug-likeness (QED) is 0.452. The third-order valence-electron chi connectivity index (χ3n) is 6.49. The van der Waals surface area contributed by atoms with Crippen molar-refractivity contribution in [2.45, 2.75) is 52.0 Å². The maximum absolute atomic E-state index is 12.7. The van der Waals surface area contributed by atoms with Gasteiger partial charge in [0, 0.05) is 18.5 Å². The Kier molecular flexibility index (Phi) is 7.35. The summed E-state index contributed by atoms with van der Waals surface area (Å²) < 4.78 is 6.99. The molecule has 0 aliphatic heterocycles. The summed E-state index contributed by atoms with van der Waals surface area (Å²) in [4.78, 5) is 37.2. The van der Waals surface area contributed by atoms with Gasteiger partial charge in [0.05, 0.1) is 17.9 Å². The molecule has 0 amide bonds. The van der Waals surface area contributed by atoms with Crippen LogP contribution in [0, 0.1) is 18.8 Å². The van der Waals surface area contributed by atoms with Crippen LogP contribution in [0.1, 0.15) is 54.4 Å². The van der Waals surface area contributed by atoms with Crippen LogP contribution in [0.4, 0.5) is 0 Å². The van der Waals surface area contributed by atoms with Crippen molar-refractivity contribution in [3.05, 3.63) is 63.9 Å². The molecule has 3 aromatic rings. The van der Waals surface area contributed by atoms with Crippen LogP contribution < -0.4 is 10.3 Å². The molecule has 1 unspecified atom stereocenters. The van der Waals surface area contributed by atoms with Crippen LogP contribution in [0.5, 0.6) is 5.75 Å². The van der Waals surface area contributed by atoms with Crippen molar-refractivity contribution < 1.29 is 19.4 Å². The minimum Gasteiger partial charge on any atom is -0.493 e. The summed E-state index contributed by atoms with van der Waals surface area (Å²) in [5.41, 5.74) is 1.59. The first-order chi connectivity index (χ1) is 16.4. The molecule has 0 saturated heterocycles. The molecule has 0 bridgehead atoms. The molecule has 8 heteroatoms. The second kappa shape index (κ2) is 10.6. The minimum atomic E-state index is -1.08. The molecule has 1 aliphatic carbocycles. The zero-order valence-electron chi connectivity index (χ0n) is 19.3. The molecule has 8 nitrogen and oxygen atoms in total. The molecule has 2 aromatic carbocycles. The first-order valence-electron chi connectivity index (χ1n) is 11.7. The summed E-state index contributed by atoms with van der Waals surface area (Å²) in [7, 11) is 0. The van der Waals surface area contributed by atoms with Gasteiger partial charge in [-0.25, -0.2) is 4.68 Å². The first-order valence-corrected chi connectivity index (χ1v) is 11.7. The summed E-state index contributed by atoms with van der Waals surface area (Å²) in [6.45, 7) is 2.65. The van der Waals surface area contributed by atoms with Gasteiger partial charge >= 0.3 is 5.97 Å². The van der Waals surface area contributed by atoms with Gasteiger partial charge in [0.25, 0.3) is 5.56 Å². The predicted molar refractivity (Wildman–Crippen MR) is 127 cm³/mol. The lowest BCUT2D eigenvalue weighted by atomic mass is 9.95. The number of nitrogens with zero attached hydrogens (tertiary/aromatic N) is 3. The van der Waals surface area contributed by atoms with Crippen molar-refractivity contribution in [3.63, 3.8) is 0 Å². The third-order valence-corrected chi connectivity index (χ3v) is 6.49. The van der Waals surface area contributed by atoms with Crippen LogP contribution in [0.25, 0.3) is 10.9 Å². The molecule has 0 radical (unpaired) electrons. The van der Waals surface area contributed by atoms with Crippen molar-refractivity contribution >= 4 is 22.7 Å². The second-order valence-corrected chi connectivity index (χ2v) is 9.08. The molecular weight excluding hydrogens is 434 g/mol. The SMILES string of the molecule is Cc1ccc2c(=O)n(CCC(CC(=O)c3ccc(OCC4CCCC4)cc3)C(=O)O)nnc2c1. The summed E-state index contributed by atoms with van der Waals surface area (Å²) in [6.07, 6.45) is 4.84. The number of Topliss-reactive ketones (excluding diaryl/α,β-unsaturated/α-hetero) is 1. The fourth-order valence-electron chi connectivity index (χ4n) is 4.39. The van der Waals surface area contributed by atoms with Crippen LogP contribution in [0.15, 0.2) is 47.3 Å². The fourth-order valence-corrected chi connectivity index (χ4v) is 4.39. The van der Waals surface area contributed by atoms with E-state index in [1.165, 1.54) is 25.7 Å². The van der Waals surface area contributed by atoms with Crippen molar-refractivity contribution in [1.82, 2.24) is 15.0 Å². The average molecular weight is 464 g/mol. The van der Waals surface area contributed by atoms with E-state index in [9.17, 15) is 19.5 Å². The van der Waals surface area contributed by atoms with Gasteiger partial charge in [0.1, 0.15) is 11.3 Å². The standard InChI is InChI=1S/C26H29N3O5/c1-17-6-11-22-23(14-17)27-28-29(25(22)31)13-12-20(26(32)33)15-24(30)19-7-9-21(10-8-19)34-16-18-4-2-3-5-18/h6-11,14,18,20H,2-5,12-13,15-16H2,1H3,(H,32,33). The molecule has 1 atom stereocenters. The zero-order valence-corrected chi connectivity index (χ0v) is 19.3. The molecular formula is C26H29N3O5. The number of ether oxygens (including phenoxy) is 1. The molecule has 1 heterocycles. The summed E-state index contributed by atoms with van der Waals surface area (Å²) in [5.74, 6) is -0.970. The van der Waals surface area contributed by atoms with Crippen LogP contribution in [0.2, 0.25) is 0 Å². The molecule has 34 heavy (non-hydrogen) atoms. The largest absolute Gasteiger partial charge is 0.493 e. The summed E-state index contributed by atoms with van der Waals surface area (Å²) >= 11 is 0. The van der Waals surface area contributed by atoms with E-state index in [0.29, 0.717) is 34.7 Å². The number of carboxylic acids is 1. The molecule has 4 rings (SSSR count). The Morgan fingerprint density at radius 1 is 1.15 bits per heavy atom. The Hall–Kier alpha value is -3.55. The monoisotopic (exact) mass is 463 g/mol. The maximum atomic E-state index is 12.7. The van der Waals surface area contributed by atoms with Gasteiger partial charge in [0.15, 0.2) is 5.78 Å². The topological polar surface area (TPSA) is 111 Å². The normalized spacial score (nSPS) is 14.9. The van der Waals surface area contributed by atoms with Crippen molar-refractivity contribution in [3.8, 4) is 5.75 Å². The number of ketones is 1. The van der Waals surface area contributed by atoms with Crippen molar-refractivity contribution in [1.29, 1.82) is 0 Å². The Labute approximate surface area is 197 Å². The zero-order chi connectivity index (χ0) is 24.1. The Balaban J connectivity index is 1.36. The van der Waals surface area contributed by atoms with Gasteiger partial charge in [-0.1, -0.05) is 24.1 Å². The van der Waals surface area contributed by atoms with Crippen molar-refractivity contribution in [2.75, 3.05) is 6.61 Å². The van der Waals surface area contributed by atoms with E-state index in [0.717, 1.165) is 10.2 Å². The second-order valence-electron chi connectivity index (χ2n) is 9.08. The lowest BCUT2D eigenvalue weighted by Crippen LogP contribution is -2.27. The van der Waals surface area contributed by atoms with Gasteiger partial charge in [0.2, 0.25) is 0 Å². The van der Waals surface area contributed by atoms with Gasteiger partial charge in [-0.05, 0) is 74.1 Å². The van der Waals surface area contributed by atoms with E-state index >= 15 is 0 Å². The molecule has 1 fully saturated rings. The number of rotatable bonds is 10. The maximum Gasteiger partial charge on any atom is 0.307 e. The molecule has 1 aromatic heterocycles. The number of aryl methyl sites for hydroxylation is 2. The highest BCUT2D eigenvalue weighted by Gasteiger charge is 2.23. The van der Waals surface area contributed by atoms with Crippen LogP contribution >= 0.6 is 0 Å². The highest BCUT2D eigenvalue weighted by molar-refractivity contribution is 5.98. The Bertz CT molecular complexity index is 1230. The number of carbonyl (C=O) groups excluding carboxylic acids is 1. The number of benzene rings is 2.